The minimum atomic E-state index is -0.618. The van der Waals surface area contributed by atoms with Crippen LogP contribution in [0.3, 0.4) is 0 Å². The monoisotopic (exact) mass is 492 g/mol. The Hall–Kier alpha value is -2.24. The third-order valence-electron chi connectivity index (χ3n) is 5.67. The highest BCUT2D eigenvalue weighted by Gasteiger charge is 2.29. The Morgan fingerprint density at radius 1 is 1.06 bits per heavy atom. The number of nitrogens with one attached hydrogen (secondary N) is 1. The van der Waals surface area contributed by atoms with Crippen molar-refractivity contribution < 1.29 is 14.3 Å². The molecule has 0 saturated heterocycles. The molecule has 2 amide bonds. The summed E-state index contributed by atoms with van der Waals surface area (Å²) in [4.78, 5) is 27.8. The van der Waals surface area contributed by atoms with Crippen molar-refractivity contribution in [2.24, 2.45) is 0 Å². The van der Waals surface area contributed by atoms with Gasteiger partial charge in [-0.05, 0) is 74.1 Å². The second-order valence-electron chi connectivity index (χ2n) is 8.33. The van der Waals surface area contributed by atoms with E-state index in [1.54, 1.807) is 17.0 Å². The maximum absolute atomic E-state index is 13.4. The number of halogens is 2. The van der Waals surface area contributed by atoms with Gasteiger partial charge in [0, 0.05) is 13.1 Å². The van der Waals surface area contributed by atoms with Gasteiger partial charge in [-0.25, -0.2) is 0 Å². The number of unbranched alkanes of at least 4 members (excludes halogenated alkanes) is 1. The first kappa shape index (κ1) is 27.0. The van der Waals surface area contributed by atoms with E-state index in [1.807, 2.05) is 39.8 Å². The summed E-state index contributed by atoms with van der Waals surface area (Å²) in [6, 6.07) is 8.61. The highest BCUT2D eigenvalue weighted by Crippen LogP contribution is 2.25. The molecule has 5 nitrogen and oxygen atoms in total. The first-order valence-corrected chi connectivity index (χ1v) is 12.1. The van der Waals surface area contributed by atoms with E-state index in [0.29, 0.717) is 28.8 Å². The molecule has 0 aliphatic rings. The van der Waals surface area contributed by atoms with Gasteiger partial charge in [0.05, 0.1) is 10.0 Å². The van der Waals surface area contributed by atoms with Crippen LogP contribution in [0.4, 0.5) is 0 Å². The van der Waals surface area contributed by atoms with Crippen molar-refractivity contribution in [1.82, 2.24) is 10.2 Å². The lowest BCUT2D eigenvalue weighted by Crippen LogP contribution is -2.50. The molecule has 1 atom stereocenters. The van der Waals surface area contributed by atoms with Crippen LogP contribution in [0.15, 0.2) is 30.3 Å². The van der Waals surface area contributed by atoms with Gasteiger partial charge >= 0.3 is 0 Å². The fourth-order valence-corrected chi connectivity index (χ4v) is 3.95. The number of hydrogen-bond acceptors (Lipinski definition) is 3. The highest BCUT2D eigenvalue weighted by atomic mass is 35.5. The molecule has 1 unspecified atom stereocenters. The summed E-state index contributed by atoms with van der Waals surface area (Å²) in [5, 5.41) is 3.80. The average Bonchev–Trinajstić information content (AvgIpc) is 2.77. The Labute approximate surface area is 207 Å². The van der Waals surface area contributed by atoms with Crippen molar-refractivity contribution in [2.45, 2.75) is 66.5 Å². The van der Waals surface area contributed by atoms with Gasteiger partial charge in [-0.3, -0.25) is 9.59 Å². The molecular formula is C26H34Cl2N2O3. The normalized spacial score (nSPS) is 11.7. The molecule has 2 aromatic rings. The summed E-state index contributed by atoms with van der Waals surface area (Å²) in [7, 11) is 0. The number of benzene rings is 2. The fraction of sp³-hybridized carbons (Fsp3) is 0.462. The number of rotatable bonds is 11. The summed E-state index contributed by atoms with van der Waals surface area (Å²) >= 11 is 12.2. The molecule has 1 N–H and O–H groups in total. The SMILES string of the molecule is CCCCNC(=O)C(CC)N(Cc1ccc(Cl)c(Cl)c1)C(=O)COc1cc(C)cc(C)c1C. The molecule has 0 heterocycles. The zero-order chi connectivity index (χ0) is 24.5. The Kier molecular flexibility index (Phi) is 10.5. The second kappa shape index (κ2) is 12.9. The van der Waals surface area contributed by atoms with Crippen molar-refractivity contribution in [2.75, 3.05) is 13.2 Å². The molecule has 2 aromatic carbocycles. The smallest absolute Gasteiger partial charge is 0.261 e. The van der Waals surface area contributed by atoms with E-state index in [-0.39, 0.29) is 25.0 Å². The number of hydrogen-bond donors (Lipinski definition) is 1. The van der Waals surface area contributed by atoms with Gasteiger partial charge in [0.25, 0.3) is 5.91 Å². The van der Waals surface area contributed by atoms with Gasteiger partial charge in [0.15, 0.2) is 6.61 Å². The Morgan fingerprint density at radius 3 is 2.42 bits per heavy atom. The highest BCUT2D eigenvalue weighted by molar-refractivity contribution is 6.42. The Morgan fingerprint density at radius 2 is 1.79 bits per heavy atom. The van der Waals surface area contributed by atoms with E-state index < -0.39 is 6.04 Å². The van der Waals surface area contributed by atoms with Crippen LogP contribution in [-0.2, 0) is 16.1 Å². The van der Waals surface area contributed by atoms with E-state index in [2.05, 4.69) is 18.3 Å². The molecule has 0 fully saturated rings. The predicted molar refractivity (Wildman–Crippen MR) is 135 cm³/mol. The van der Waals surface area contributed by atoms with Gasteiger partial charge in [0.2, 0.25) is 5.91 Å². The van der Waals surface area contributed by atoms with Crippen LogP contribution in [0.2, 0.25) is 10.0 Å². The molecule has 7 heteroatoms. The van der Waals surface area contributed by atoms with Crippen molar-refractivity contribution in [1.29, 1.82) is 0 Å². The van der Waals surface area contributed by atoms with Crippen LogP contribution in [0, 0.1) is 20.8 Å². The Balaban J connectivity index is 2.26. The van der Waals surface area contributed by atoms with Gasteiger partial charge in [-0.2, -0.15) is 0 Å². The van der Waals surface area contributed by atoms with Crippen LogP contribution in [0.1, 0.15) is 55.4 Å². The van der Waals surface area contributed by atoms with Gasteiger partial charge < -0.3 is 15.0 Å². The van der Waals surface area contributed by atoms with E-state index in [0.717, 1.165) is 35.1 Å². The van der Waals surface area contributed by atoms with Crippen molar-refractivity contribution >= 4 is 35.0 Å². The van der Waals surface area contributed by atoms with E-state index in [1.165, 1.54) is 0 Å². The molecule has 0 spiro atoms. The molecule has 33 heavy (non-hydrogen) atoms. The number of nitrogens with zero attached hydrogens (tertiary/aromatic N) is 1. The molecule has 0 radical (unpaired) electrons. The summed E-state index contributed by atoms with van der Waals surface area (Å²) < 4.78 is 5.92. The number of ether oxygens (including phenoxy) is 1. The van der Waals surface area contributed by atoms with Crippen LogP contribution >= 0.6 is 23.2 Å². The minimum absolute atomic E-state index is 0.163. The number of amides is 2. The molecule has 0 aromatic heterocycles. The maximum atomic E-state index is 13.4. The second-order valence-corrected chi connectivity index (χ2v) is 9.15. The van der Waals surface area contributed by atoms with Crippen molar-refractivity contribution in [3.8, 4) is 5.75 Å². The topological polar surface area (TPSA) is 58.6 Å². The summed E-state index contributed by atoms with van der Waals surface area (Å²) in [5.74, 6) is 0.245. The minimum Gasteiger partial charge on any atom is -0.483 e. The lowest BCUT2D eigenvalue weighted by atomic mass is 10.1. The summed E-state index contributed by atoms with van der Waals surface area (Å²) in [6.45, 7) is 10.6. The van der Waals surface area contributed by atoms with Crippen LogP contribution in [-0.4, -0.2) is 35.9 Å². The quantitative estimate of drug-likeness (QED) is 0.390. The largest absolute Gasteiger partial charge is 0.483 e. The summed E-state index contributed by atoms with van der Waals surface area (Å²) in [5.41, 5.74) is 3.95. The molecule has 2 rings (SSSR count). The van der Waals surface area contributed by atoms with Crippen molar-refractivity contribution in [3.63, 3.8) is 0 Å². The maximum Gasteiger partial charge on any atom is 0.261 e. The molecule has 0 bridgehead atoms. The number of carbonyl (C=O) groups excluding carboxylic acids is 2. The number of aryl methyl sites for hydroxylation is 2. The average molecular weight is 493 g/mol. The van der Waals surface area contributed by atoms with Crippen LogP contribution in [0.25, 0.3) is 0 Å². The zero-order valence-corrected chi connectivity index (χ0v) is 21.6. The molecule has 0 saturated carbocycles. The summed E-state index contributed by atoms with van der Waals surface area (Å²) in [6.07, 6.45) is 2.34. The third-order valence-corrected chi connectivity index (χ3v) is 6.41. The van der Waals surface area contributed by atoms with Gasteiger partial charge in [-0.15, -0.1) is 0 Å². The predicted octanol–water partition coefficient (Wildman–Crippen LogP) is 6.02. The van der Waals surface area contributed by atoms with Crippen LogP contribution < -0.4 is 10.1 Å². The Bertz CT molecular complexity index is 978. The van der Waals surface area contributed by atoms with Crippen LogP contribution in [0.5, 0.6) is 5.75 Å². The molecule has 180 valence electrons. The van der Waals surface area contributed by atoms with Crippen molar-refractivity contribution in [3.05, 3.63) is 62.6 Å². The van der Waals surface area contributed by atoms with E-state index in [9.17, 15) is 9.59 Å². The standard InChI is InChI=1S/C26H34Cl2N2O3/c1-6-8-11-29-26(32)23(7-2)30(15-20-9-10-21(27)22(28)14-20)25(31)16-33-24-13-17(3)12-18(4)19(24)5/h9-10,12-14,23H,6-8,11,15-16H2,1-5H3,(H,29,32). The fourth-order valence-electron chi connectivity index (χ4n) is 3.63. The molecule has 0 aliphatic carbocycles. The van der Waals surface area contributed by atoms with E-state index >= 15 is 0 Å². The van der Waals surface area contributed by atoms with E-state index in [4.69, 9.17) is 27.9 Å². The molecular weight excluding hydrogens is 459 g/mol. The lowest BCUT2D eigenvalue weighted by molar-refractivity contribution is -0.143. The zero-order valence-electron chi connectivity index (χ0n) is 20.1. The number of carbonyl (C=O) groups is 2. The first-order chi connectivity index (χ1) is 15.7. The third kappa shape index (κ3) is 7.65. The van der Waals surface area contributed by atoms with Gasteiger partial charge in [0.1, 0.15) is 11.8 Å². The van der Waals surface area contributed by atoms with Gasteiger partial charge in [-0.1, -0.05) is 55.6 Å². The molecule has 0 aliphatic heterocycles. The first-order valence-electron chi connectivity index (χ1n) is 11.4. The lowest BCUT2D eigenvalue weighted by Gasteiger charge is -2.31.